The summed E-state index contributed by atoms with van der Waals surface area (Å²) in [6.45, 7) is 0. The quantitative estimate of drug-likeness (QED) is 0.831. The van der Waals surface area contributed by atoms with Crippen molar-refractivity contribution in [1.29, 1.82) is 0 Å². The van der Waals surface area contributed by atoms with Crippen LogP contribution in [0.2, 0.25) is 0 Å². The second kappa shape index (κ2) is 3.67. The van der Waals surface area contributed by atoms with Crippen molar-refractivity contribution in [3.05, 3.63) is 32.2 Å². The summed E-state index contributed by atoms with van der Waals surface area (Å²) < 4.78 is 5.54. The average molecular weight is 257 g/mol. The predicted molar refractivity (Wildman–Crippen MR) is 56.0 cm³/mol. The zero-order chi connectivity index (χ0) is 10.1. The van der Waals surface area contributed by atoms with Gasteiger partial charge in [-0.15, -0.1) is 0 Å². The molecule has 1 aliphatic carbocycles. The second-order valence-corrected chi connectivity index (χ2v) is 3.78. The van der Waals surface area contributed by atoms with E-state index >= 15 is 0 Å². The van der Waals surface area contributed by atoms with Gasteiger partial charge in [0.1, 0.15) is 6.10 Å². The van der Waals surface area contributed by atoms with Crippen LogP contribution in [-0.2, 0) is 4.74 Å². The second-order valence-electron chi connectivity index (χ2n) is 3.03. The SMILES string of the molecule is COC1CC=Cc2c1[nH]nc(Br)c2=O. The number of nitrogens with zero attached hydrogens (tertiary/aromatic N) is 1. The highest BCUT2D eigenvalue weighted by Crippen LogP contribution is 2.26. The van der Waals surface area contributed by atoms with Crippen molar-refractivity contribution in [1.82, 2.24) is 10.2 Å². The van der Waals surface area contributed by atoms with Crippen LogP contribution < -0.4 is 5.43 Å². The number of aromatic nitrogens is 2. The fourth-order valence-electron chi connectivity index (χ4n) is 1.51. The van der Waals surface area contributed by atoms with Gasteiger partial charge in [-0.1, -0.05) is 12.2 Å². The highest BCUT2D eigenvalue weighted by Gasteiger charge is 2.20. The maximum atomic E-state index is 11.6. The van der Waals surface area contributed by atoms with E-state index in [1.807, 2.05) is 6.08 Å². The zero-order valence-corrected chi connectivity index (χ0v) is 9.17. The number of hydrogen-bond acceptors (Lipinski definition) is 3. The summed E-state index contributed by atoms with van der Waals surface area (Å²) in [6, 6.07) is 0. The summed E-state index contributed by atoms with van der Waals surface area (Å²) in [5.41, 5.74) is 1.28. The van der Waals surface area contributed by atoms with Crippen LogP contribution >= 0.6 is 15.9 Å². The van der Waals surface area contributed by atoms with E-state index in [1.165, 1.54) is 0 Å². The molecule has 14 heavy (non-hydrogen) atoms. The van der Waals surface area contributed by atoms with Crippen molar-refractivity contribution in [3.63, 3.8) is 0 Å². The van der Waals surface area contributed by atoms with Crippen LogP contribution in [-0.4, -0.2) is 17.3 Å². The van der Waals surface area contributed by atoms with E-state index in [-0.39, 0.29) is 11.5 Å². The van der Waals surface area contributed by atoms with Gasteiger partial charge in [0.05, 0.1) is 5.69 Å². The van der Waals surface area contributed by atoms with E-state index in [4.69, 9.17) is 4.74 Å². The van der Waals surface area contributed by atoms with E-state index in [9.17, 15) is 4.79 Å². The number of rotatable bonds is 1. The summed E-state index contributed by atoms with van der Waals surface area (Å²) in [4.78, 5) is 11.6. The fourth-order valence-corrected chi connectivity index (χ4v) is 1.81. The summed E-state index contributed by atoms with van der Waals surface area (Å²) in [7, 11) is 1.62. The Morgan fingerprint density at radius 2 is 2.50 bits per heavy atom. The molecule has 0 fully saturated rings. The molecule has 0 bridgehead atoms. The summed E-state index contributed by atoms with van der Waals surface area (Å²) >= 11 is 3.09. The molecule has 0 amide bonds. The number of aromatic amines is 1. The van der Waals surface area contributed by atoms with Crippen molar-refractivity contribution >= 4 is 22.0 Å². The minimum atomic E-state index is -0.100. The van der Waals surface area contributed by atoms with Crippen LogP contribution in [0.25, 0.3) is 6.08 Å². The van der Waals surface area contributed by atoms with Crippen molar-refractivity contribution < 1.29 is 4.74 Å². The smallest absolute Gasteiger partial charge is 0.222 e. The molecular formula is C9H9BrN2O2. The van der Waals surface area contributed by atoms with E-state index < -0.39 is 0 Å². The van der Waals surface area contributed by atoms with Crippen molar-refractivity contribution in [3.8, 4) is 0 Å². The molecule has 1 aromatic heterocycles. The lowest BCUT2D eigenvalue weighted by Crippen LogP contribution is -2.19. The van der Waals surface area contributed by atoms with Gasteiger partial charge in [0.15, 0.2) is 4.60 Å². The summed E-state index contributed by atoms with van der Waals surface area (Å²) in [5.74, 6) is 0. The molecule has 0 aliphatic heterocycles. The number of fused-ring (bicyclic) bond motifs is 1. The number of H-pyrrole nitrogens is 1. The number of ether oxygens (including phenoxy) is 1. The maximum Gasteiger partial charge on any atom is 0.222 e. The zero-order valence-electron chi connectivity index (χ0n) is 7.58. The van der Waals surface area contributed by atoms with Crippen LogP contribution in [0.5, 0.6) is 0 Å². The molecule has 0 spiro atoms. The molecule has 4 nitrogen and oxygen atoms in total. The first kappa shape index (κ1) is 9.61. The number of methoxy groups -OCH3 is 1. The van der Waals surface area contributed by atoms with Crippen LogP contribution in [0.1, 0.15) is 23.8 Å². The highest BCUT2D eigenvalue weighted by molar-refractivity contribution is 9.10. The molecular weight excluding hydrogens is 248 g/mol. The minimum Gasteiger partial charge on any atom is -0.375 e. The molecule has 5 heteroatoms. The van der Waals surface area contributed by atoms with Crippen LogP contribution in [0.4, 0.5) is 0 Å². The number of hydrogen-bond donors (Lipinski definition) is 1. The number of nitrogens with one attached hydrogen (secondary N) is 1. The van der Waals surface area contributed by atoms with Crippen LogP contribution in [0, 0.1) is 0 Å². The molecule has 1 atom stereocenters. The molecule has 1 aromatic rings. The van der Waals surface area contributed by atoms with Crippen molar-refractivity contribution in [2.45, 2.75) is 12.5 Å². The highest BCUT2D eigenvalue weighted by atomic mass is 79.9. The Hall–Kier alpha value is -0.940. The maximum absolute atomic E-state index is 11.6. The lowest BCUT2D eigenvalue weighted by molar-refractivity contribution is 0.100. The topological polar surface area (TPSA) is 55.0 Å². The van der Waals surface area contributed by atoms with E-state index in [2.05, 4.69) is 26.1 Å². The van der Waals surface area contributed by atoms with Gasteiger partial charge in [0.25, 0.3) is 0 Å². The average Bonchev–Trinajstić information content (AvgIpc) is 2.23. The Labute approximate surface area is 89.1 Å². The van der Waals surface area contributed by atoms with Crippen molar-refractivity contribution in [2.24, 2.45) is 0 Å². The standard InChI is InChI=1S/C9H9BrN2O2/c1-14-6-4-2-3-5-7(6)11-12-9(10)8(5)13/h2-3,6H,4H2,1H3,(H,11,13). The van der Waals surface area contributed by atoms with E-state index in [1.54, 1.807) is 13.2 Å². The van der Waals surface area contributed by atoms with Gasteiger partial charge >= 0.3 is 0 Å². The van der Waals surface area contributed by atoms with Crippen LogP contribution in [0.15, 0.2) is 15.5 Å². The molecule has 1 unspecified atom stereocenters. The molecule has 0 saturated carbocycles. The monoisotopic (exact) mass is 256 g/mol. The lowest BCUT2D eigenvalue weighted by Gasteiger charge is -2.18. The molecule has 0 saturated heterocycles. The summed E-state index contributed by atoms with van der Waals surface area (Å²) in [6.07, 6.45) is 4.40. The third-order valence-electron chi connectivity index (χ3n) is 2.24. The Bertz CT molecular complexity index is 439. The molecule has 1 N–H and O–H groups in total. The first-order valence-electron chi connectivity index (χ1n) is 4.21. The molecule has 2 rings (SSSR count). The van der Waals surface area contributed by atoms with Gasteiger partial charge < -0.3 is 4.74 Å². The third-order valence-corrected chi connectivity index (χ3v) is 2.78. The van der Waals surface area contributed by atoms with Gasteiger partial charge in [-0.2, -0.15) is 5.10 Å². The molecule has 1 aliphatic rings. The Kier molecular flexibility index (Phi) is 2.52. The molecule has 0 radical (unpaired) electrons. The van der Waals surface area contributed by atoms with Gasteiger partial charge in [0, 0.05) is 12.7 Å². The summed E-state index contributed by atoms with van der Waals surface area (Å²) in [5, 5.41) is 6.68. The minimum absolute atomic E-state index is 0.0942. The van der Waals surface area contributed by atoms with Gasteiger partial charge in [-0.3, -0.25) is 9.89 Å². The van der Waals surface area contributed by atoms with Gasteiger partial charge in [0.2, 0.25) is 5.43 Å². The molecule has 74 valence electrons. The third kappa shape index (κ3) is 1.42. The largest absolute Gasteiger partial charge is 0.375 e. The lowest BCUT2D eigenvalue weighted by atomic mass is 10.0. The first-order valence-corrected chi connectivity index (χ1v) is 5.00. The van der Waals surface area contributed by atoms with Crippen molar-refractivity contribution in [2.75, 3.05) is 7.11 Å². The van der Waals surface area contributed by atoms with E-state index in [0.717, 1.165) is 12.1 Å². The predicted octanol–water partition coefficient (Wildman–Crippen LogP) is 1.64. The molecule has 0 aromatic carbocycles. The molecule has 1 heterocycles. The fraction of sp³-hybridized carbons (Fsp3) is 0.333. The van der Waals surface area contributed by atoms with Gasteiger partial charge in [-0.25, -0.2) is 0 Å². The van der Waals surface area contributed by atoms with Crippen LogP contribution in [0.3, 0.4) is 0 Å². The van der Waals surface area contributed by atoms with Gasteiger partial charge in [-0.05, 0) is 22.4 Å². The number of halogens is 1. The normalized spacial score (nSPS) is 19.4. The Morgan fingerprint density at radius 3 is 3.21 bits per heavy atom. The Balaban J connectivity index is 2.63. The first-order chi connectivity index (χ1) is 6.74. The Morgan fingerprint density at radius 1 is 1.71 bits per heavy atom. The van der Waals surface area contributed by atoms with E-state index in [0.29, 0.717) is 10.2 Å².